The molecule has 3 aromatic rings. The summed E-state index contributed by atoms with van der Waals surface area (Å²) in [5.41, 5.74) is 2.91. The molecule has 0 bridgehead atoms. The second-order valence-corrected chi connectivity index (χ2v) is 6.74. The topological polar surface area (TPSA) is 104 Å². The van der Waals surface area contributed by atoms with E-state index in [4.69, 9.17) is 9.47 Å². The van der Waals surface area contributed by atoms with Crippen LogP contribution in [-0.4, -0.2) is 54.6 Å². The van der Waals surface area contributed by atoms with Gasteiger partial charge < -0.3 is 30.0 Å². The highest BCUT2D eigenvalue weighted by Crippen LogP contribution is 2.40. The van der Waals surface area contributed by atoms with Gasteiger partial charge in [-0.05, 0) is 24.1 Å². The molecule has 0 aliphatic carbocycles. The van der Waals surface area contributed by atoms with Gasteiger partial charge >= 0.3 is 5.97 Å². The van der Waals surface area contributed by atoms with Crippen LogP contribution in [0.4, 0.5) is 0 Å². The molecule has 0 unspecified atom stereocenters. The van der Waals surface area contributed by atoms with Crippen LogP contribution in [0.5, 0.6) is 11.5 Å². The summed E-state index contributed by atoms with van der Waals surface area (Å²) < 4.78 is 11.1. The van der Waals surface area contributed by atoms with Crippen LogP contribution in [0.1, 0.15) is 23.5 Å². The number of hydrogen-bond donors (Lipinski definition) is 4. The summed E-state index contributed by atoms with van der Waals surface area (Å²) in [5.74, 6) is 0.0344. The van der Waals surface area contributed by atoms with E-state index in [9.17, 15) is 15.0 Å². The lowest BCUT2D eigenvalue weighted by Gasteiger charge is -2.23. The predicted octanol–water partition coefficient (Wildman–Crippen LogP) is 2.74. The number of aliphatic carboxylic acids is 1. The lowest BCUT2D eigenvalue weighted by Crippen LogP contribution is -2.39. The Morgan fingerprint density at radius 1 is 1.10 bits per heavy atom. The Morgan fingerprint density at radius 3 is 2.59 bits per heavy atom. The number of fused-ring (bicyclic) bond motifs is 1. The summed E-state index contributed by atoms with van der Waals surface area (Å²) in [7, 11) is 3.18. The van der Waals surface area contributed by atoms with Gasteiger partial charge in [0.1, 0.15) is 6.04 Å². The number of nitrogens with one attached hydrogen (secondary N) is 2. The fourth-order valence-corrected chi connectivity index (χ4v) is 3.66. The molecule has 0 amide bonds. The summed E-state index contributed by atoms with van der Waals surface area (Å²) in [6.07, 6.45) is 2.07. The predicted molar refractivity (Wildman–Crippen MR) is 111 cm³/mol. The molecule has 7 nitrogen and oxygen atoms in total. The van der Waals surface area contributed by atoms with Crippen molar-refractivity contribution in [3.05, 3.63) is 59.8 Å². The maximum Gasteiger partial charge on any atom is 0.320 e. The molecular weight excluding hydrogens is 372 g/mol. The minimum Gasteiger partial charge on any atom is -0.493 e. The number of benzene rings is 2. The number of hydrogen-bond acceptors (Lipinski definition) is 5. The van der Waals surface area contributed by atoms with Crippen LogP contribution in [0.25, 0.3) is 10.9 Å². The Bertz CT molecular complexity index is 969. The molecule has 2 atom stereocenters. The van der Waals surface area contributed by atoms with E-state index in [1.807, 2.05) is 48.7 Å². The van der Waals surface area contributed by atoms with Crippen LogP contribution in [-0.2, 0) is 4.79 Å². The SMILES string of the molecule is COc1cccc([C@@H](CN[C@H](CCO)C(=O)O)c2c[nH]c3ccccc23)c1OC. The molecule has 0 fully saturated rings. The fourth-order valence-electron chi connectivity index (χ4n) is 3.66. The Hall–Kier alpha value is -3.03. The zero-order chi connectivity index (χ0) is 20.8. The molecular formula is C22H26N2O5. The van der Waals surface area contributed by atoms with Crippen LogP contribution >= 0.6 is 0 Å². The number of carboxylic acids is 1. The van der Waals surface area contributed by atoms with E-state index < -0.39 is 12.0 Å². The number of para-hydroxylation sites is 2. The monoisotopic (exact) mass is 398 g/mol. The van der Waals surface area contributed by atoms with E-state index in [1.54, 1.807) is 14.2 Å². The summed E-state index contributed by atoms with van der Waals surface area (Å²) in [6, 6.07) is 12.8. The van der Waals surface area contributed by atoms with Crippen molar-refractivity contribution in [3.8, 4) is 11.5 Å². The number of aromatic nitrogens is 1. The van der Waals surface area contributed by atoms with Gasteiger partial charge in [0.25, 0.3) is 0 Å². The van der Waals surface area contributed by atoms with Crippen molar-refractivity contribution in [1.82, 2.24) is 10.3 Å². The van der Waals surface area contributed by atoms with Crippen LogP contribution in [0.15, 0.2) is 48.7 Å². The van der Waals surface area contributed by atoms with Crippen LogP contribution < -0.4 is 14.8 Å². The minimum atomic E-state index is -0.991. The Labute approximate surface area is 169 Å². The highest BCUT2D eigenvalue weighted by atomic mass is 16.5. The number of aliphatic hydroxyl groups is 1. The van der Waals surface area contributed by atoms with Gasteiger partial charge in [-0.25, -0.2) is 0 Å². The molecule has 1 aromatic heterocycles. The average Bonchev–Trinajstić information content (AvgIpc) is 3.16. The van der Waals surface area contributed by atoms with E-state index in [-0.39, 0.29) is 18.9 Å². The molecule has 0 radical (unpaired) electrons. The van der Waals surface area contributed by atoms with Crippen LogP contribution in [0, 0.1) is 0 Å². The normalized spacial score (nSPS) is 13.2. The van der Waals surface area contributed by atoms with Crippen LogP contribution in [0.2, 0.25) is 0 Å². The van der Waals surface area contributed by atoms with E-state index in [2.05, 4.69) is 10.3 Å². The van der Waals surface area contributed by atoms with Crippen LogP contribution in [0.3, 0.4) is 0 Å². The zero-order valence-corrected chi connectivity index (χ0v) is 16.5. The molecule has 7 heteroatoms. The number of carbonyl (C=O) groups is 1. The highest BCUT2D eigenvalue weighted by Gasteiger charge is 2.26. The Kier molecular flexibility index (Phi) is 6.74. The molecule has 0 saturated carbocycles. The third kappa shape index (κ3) is 4.36. The first-order chi connectivity index (χ1) is 14.1. The van der Waals surface area contributed by atoms with Gasteiger partial charge in [-0.1, -0.05) is 30.3 Å². The van der Waals surface area contributed by atoms with Gasteiger partial charge in [-0.3, -0.25) is 4.79 Å². The van der Waals surface area contributed by atoms with Gasteiger partial charge in [0.05, 0.1) is 14.2 Å². The molecule has 0 aliphatic heterocycles. The zero-order valence-electron chi connectivity index (χ0n) is 16.5. The summed E-state index contributed by atoms with van der Waals surface area (Å²) >= 11 is 0. The lowest BCUT2D eigenvalue weighted by molar-refractivity contribution is -0.139. The summed E-state index contributed by atoms with van der Waals surface area (Å²) in [4.78, 5) is 14.8. The molecule has 154 valence electrons. The van der Waals surface area contributed by atoms with E-state index in [0.29, 0.717) is 18.0 Å². The largest absolute Gasteiger partial charge is 0.493 e. The second-order valence-electron chi connectivity index (χ2n) is 6.74. The molecule has 0 spiro atoms. The first-order valence-corrected chi connectivity index (χ1v) is 9.44. The Balaban J connectivity index is 2.06. The smallest absolute Gasteiger partial charge is 0.320 e. The Morgan fingerprint density at radius 2 is 1.90 bits per heavy atom. The fraction of sp³-hybridized carbons (Fsp3) is 0.318. The molecule has 1 heterocycles. The maximum absolute atomic E-state index is 11.5. The van der Waals surface area contributed by atoms with Crippen molar-refractivity contribution in [2.45, 2.75) is 18.4 Å². The lowest BCUT2D eigenvalue weighted by atomic mass is 9.89. The van der Waals surface area contributed by atoms with E-state index >= 15 is 0 Å². The summed E-state index contributed by atoms with van der Waals surface area (Å²) in [6.45, 7) is 0.145. The van der Waals surface area contributed by atoms with Gasteiger partial charge in [0, 0.05) is 41.7 Å². The number of aliphatic hydroxyl groups excluding tert-OH is 1. The van der Waals surface area contributed by atoms with E-state index in [0.717, 1.165) is 22.0 Å². The van der Waals surface area contributed by atoms with Crippen molar-refractivity contribution in [2.75, 3.05) is 27.4 Å². The molecule has 2 aromatic carbocycles. The first kappa shape index (κ1) is 20.7. The van der Waals surface area contributed by atoms with Crippen molar-refractivity contribution >= 4 is 16.9 Å². The molecule has 4 N–H and O–H groups in total. The number of H-pyrrole nitrogens is 1. The van der Waals surface area contributed by atoms with E-state index in [1.165, 1.54) is 0 Å². The standard InChI is InChI=1S/C22H26N2O5/c1-28-20-9-5-7-15(21(20)29-2)17(13-24-19(10-11-25)22(26)27)16-12-23-18-8-4-3-6-14(16)18/h3-9,12,17,19,23-25H,10-11,13H2,1-2H3,(H,26,27)/t17-,19-/m1/s1. The first-order valence-electron chi connectivity index (χ1n) is 9.44. The minimum absolute atomic E-state index is 0.130. The van der Waals surface area contributed by atoms with Crippen molar-refractivity contribution < 1.29 is 24.5 Å². The van der Waals surface area contributed by atoms with Gasteiger partial charge in [-0.15, -0.1) is 0 Å². The molecule has 0 saturated heterocycles. The van der Waals surface area contributed by atoms with Crippen molar-refractivity contribution in [2.24, 2.45) is 0 Å². The summed E-state index contributed by atoms with van der Waals surface area (Å²) in [5, 5.41) is 22.8. The van der Waals surface area contributed by atoms with Gasteiger partial charge in [0.2, 0.25) is 0 Å². The quantitative estimate of drug-likeness (QED) is 0.419. The number of ether oxygens (including phenoxy) is 2. The molecule has 0 aliphatic rings. The molecule has 29 heavy (non-hydrogen) atoms. The third-order valence-electron chi connectivity index (χ3n) is 5.09. The number of aromatic amines is 1. The maximum atomic E-state index is 11.5. The third-order valence-corrected chi connectivity index (χ3v) is 5.09. The van der Waals surface area contributed by atoms with Crippen molar-refractivity contribution in [1.29, 1.82) is 0 Å². The van der Waals surface area contributed by atoms with Crippen molar-refractivity contribution in [3.63, 3.8) is 0 Å². The van der Waals surface area contributed by atoms with Gasteiger partial charge in [0.15, 0.2) is 11.5 Å². The number of rotatable bonds is 10. The van der Waals surface area contributed by atoms with Gasteiger partial charge in [-0.2, -0.15) is 0 Å². The molecule has 3 rings (SSSR count). The number of methoxy groups -OCH3 is 2. The highest BCUT2D eigenvalue weighted by molar-refractivity contribution is 5.84. The number of carboxylic acid groups (broad SMARTS) is 1. The second kappa shape index (κ2) is 9.45. The average molecular weight is 398 g/mol.